The monoisotopic (exact) mass is 280 g/mol. The van der Waals surface area contributed by atoms with Gasteiger partial charge in [0.05, 0.1) is 18.9 Å². The number of ether oxygens (including phenoxy) is 2. The number of nitrogens with zero attached hydrogens (tertiary/aromatic N) is 2. The second-order valence-corrected chi connectivity index (χ2v) is 5.23. The molecule has 2 aromatic heterocycles. The summed E-state index contributed by atoms with van der Waals surface area (Å²) in [5.41, 5.74) is 4.11. The fourth-order valence-electron chi connectivity index (χ4n) is 2.61. The first-order valence-electron chi connectivity index (χ1n) is 7.16. The average molecular weight is 280 g/mol. The SMILES string of the molecule is Cc1cccc2nc(-c3ccc4c(c3)OCCCO4)cn12. The summed E-state index contributed by atoms with van der Waals surface area (Å²) in [5, 5.41) is 0. The lowest BCUT2D eigenvalue weighted by molar-refractivity contribution is 0.297. The van der Waals surface area contributed by atoms with E-state index in [9.17, 15) is 0 Å². The maximum atomic E-state index is 5.75. The van der Waals surface area contributed by atoms with Gasteiger partial charge < -0.3 is 13.9 Å². The molecule has 0 aliphatic carbocycles. The molecule has 1 aliphatic heterocycles. The highest BCUT2D eigenvalue weighted by molar-refractivity contribution is 5.66. The largest absolute Gasteiger partial charge is 0.490 e. The van der Waals surface area contributed by atoms with Crippen LogP contribution in [0.15, 0.2) is 42.6 Å². The lowest BCUT2D eigenvalue weighted by Gasteiger charge is -2.07. The van der Waals surface area contributed by atoms with Gasteiger partial charge in [-0.05, 0) is 37.3 Å². The van der Waals surface area contributed by atoms with Crippen LogP contribution in [0.2, 0.25) is 0 Å². The Morgan fingerprint density at radius 2 is 1.90 bits per heavy atom. The summed E-state index contributed by atoms with van der Waals surface area (Å²) in [6.07, 6.45) is 2.97. The molecule has 0 radical (unpaired) electrons. The third kappa shape index (κ3) is 2.13. The van der Waals surface area contributed by atoms with E-state index in [-0.39, 0.29) is 0 Å². The summed E-state index contributed by atoms with van der Waals surface area (Å²) >= 11 is 0. The fraction of sp³-hybridized carbons (Fsp3) is 0.235. The van der Waals surface area contributed by atoms with Crippen LogP contribution in [0.4, 0.5) is 0 Å². The molecular weight excluding hydrogens is 264 g/mol. The molecule has 0 unspecified atom stereocenters. The van der Waals surface area contributed by atoms with E-state index in [1.54, 1.807) is 0 Å². The first kappa shape index (κ1) is 12.3. The van der Waals surface area contributed by atoms with Crippen molar-refractivity contribution in [1.82, 2.24) is 9.38 Å². The number of benzene rings is 1. The molecule has 4 heteroatoms. The van der Waals surface area contributed by atoms with E-state index in [4.69, 9.17) is 9.47 Å². The molecule has 1 aliphatic rings. The quantitative estimate of drug-likeness (QED) is 0.684. The normalized spacial score (nSPS) is 14.1. The van der Waals surface area contributed by atoms with Crippen LogP contribution in [0.1, 0.15) is 12.1 Å². The summed E-state index contributed by atoms with van der Waals surface area (Å²) < 4.78 is 13.5. The molecule has 3 heterocycles. The summed E-state index contributed by atoms with van der Waals surface area (Å²) in [7, 11) is 0. The van der Waals surface area contributed by atoms with E-state index in [0.29, 0.717) is 13.2 Å². The average Bonchev–Trinajstić information content (AvgIpc) is 2.80. The number of rotatable bonds is 1. The standard InChI is InChI=1S/C17H16N2O2/c1-12-4-2-5-17-18-14(11-19(12)17)13-6-7-15-16(10-13)21-9-3-8-20-15/h2,4-7,10-11H,3,8-9H2,1H3. The Balaban J connectivity index is 1.81. The van der Waals surface area contributed by atoms with Gasteiger partial charge in [-0.1, -0.05) is 6.07 Å². The lowest BCUT2D eigenvalue weighted by atomic mass is 10.1. The molecule has 0 saturated carbocycles. The van der Waals surface area contributed by atoms with Gasteiger partial charge in [-0.15, -0.1) is 0 Å². The first-order chi connectivity index (χ1) is 10.3. The minimum absolute atomic E-state index is 0.695. The van der Waals surface area contributed by atoms with Crippen LogP contribution in [0.25, 0.3) is 16.9 Å². The summed E-state index contributed by atoms with van der Waals surface area (Å²) in [6, 6.07) is 12.1. The van der Waals surface area contributed by atoms with Crippen LogP contribution < -0.4 is 9.47 Å². The van der Waals surface area contributed by atoms with Gasteiger partial charge in [0.15, 0.2) is 11.5 Å². The Labute approximate surface area is 123 Å². The molecule has 0 bridgehead atoms. The van der Waals surface area contributed by atoms with Gasteiger partial charge in [0.2, 0.25) is 0 Å². The predicted molar refractivity (Wildman–Crippen MR) is 81.0 cm³/mol. The summed E-state index contributed by atoms with van der Waals surface area (Å²) in [4.78, 5) is 4.68. The molecule has 1 aromatic carbocycles. The lowest BCUT2D eigenvalue weighted by Crippen LogP contribution is -1.97. The van der Waals surface area contributed by atoms with E-state index >= 15 is 0 Å². The van der Waals surface area contributed by atoms with Gasteiger partial charge in [-0.3, -0.25) is 0 Å². The van der Waals surface area contributed by atoms with Crippen LogP contribution in [0.3, 0.4) is 0 Å². The topological polar surface area (TPSA) is 35.8 Å². The van der Waals surface area contributed by atoms with Crippen molar-refractivity contribution >= 4 is 5.65 Å². The van der Waals surface area contributed by atoms with Crippen LogP contribution >= 0.6 is 0 Å². The second kappa shape index (κ2) is 4.81. The van der Waals surface area contributed by atoms with Crippen molar-refractivity contribution in [2.45, 2.75) is 13.3 Å². The number of aromatic nitrogens is 2. The predicted octanol–water partition coefficient (Wildman–Crippen LogP) is 3.47. The van der Waals surface area contributed by atoms with Crippen LogP contribution in [-0.2, 0) is 0 Å². The Morgan fingerprint density at radius 1 is 1.05 bits per heavy atom. The van der Waals surface area contributed by atoms with Crippen molar-refractivity contribution in [3.05, 3.63) is 48.3 Å². The highest BCUT2D eigenvalue weighted by Gasteiger charge is 2.13. The minimum Gasteiger partial charge on any atom is -0.490 e. The molecule has 3 aromatic rings. The Bertz CT molecular complexity index is 808. The molecule has 4 nitrogen and oxygen atoms in total. The van der Waals surface area contributed by atoms with E-state index in [0.717, 1.165) is 34.8 Å². The molecule has 0 fully saturated rings. The third-order valence-corrected chi connectivity index (χ3v) is 3.74. The van der Waals surface area contributed by atoms with Crippen LogP contribution in [0, 0.1) is 6.92 Å². The van der Waals surface area contributed by atoms with Crippen LogP contribution in [0.5, 0.6) is 11.5 Å². The number of pyridine rings is 1. The Hall–Kier alpha value is -2.49. The smallest absolute Gasteiger partial charge is 0.161 e. The molecule has 21 heavy (non-hydrogen) atoms. The van der Waals surface area contributed by atoms with Crippen molar-refractivity contribution in [2.75, 3.05) is 13.2 Å². The Morgan fingerprint density at radius 3 is 2.76 bits per heavy atom. The minimum atomic E-state index is 0.695. The number of hydrogen-bond acceptors (Lipinski definition) is 3. The van der Waals surface area contributed by atoms with Gasteiger partial charge in [0.25, 0.3) is 0 Å². The molecule has 0 N–H and O–H groups in total. The maximum absolute atomic E-state index is 5.75. The molecule has 0 spiro atoms. The molecule has 4 rings (SSSR count). The molecule has 106 valence electrons. The number of imidazole rings is 1. The highest BCUT2D eigenvalue weighted by Crippen LogP contribution is 2.34. The molecule has 0 saturated heterocycles. The van der Waals surface area contributed by atoms with Gasteiger partial charge in [-0.2, -0.15) is 0 Å². The zero-order valence-corrected chi connectivity index (χ0v) is 11.9. The number of hydrogen-bond donors (Lipinski definition) is 0. The van der Waals surface area contributed by atoms with E-state index in [2.05, 4.69) is 28.6 Å². The number of fused-ring (bicyclic) bond motifs is 2. The molecular formula is C17H16N2O2. The molecule has 0 amide bonds. The zero-order chi connectivity index (χ0) is 14.2. The fourth-order valence-corrected chi connectivity index (χ4v) is 2.61. The van der Waals surface area contributed by atoms with Crippen molar-refractivity contribution in [1.29, 1.82) is 0 Å². The van der Waals surface area contributed by atoms with E-state index in [1.165, 1.54) is 5.69 Å². The molecule has 0 atom stereocenters. The summed E-state index contributed by atoms with van der Waals surface area (Å²) in [6.45, 7) is 3.48. The van der Waals surface area contributed by atoms with E-state index in [1.807, 2.05) is 30.3 Å². The van der Waals surface area contributed by atoms with Crippen molar-refractivity contribution in [2.24, 2.45) is 0 Å². The highest BCUT2D eigenvalue weighted by atomic mass is 16.5. The third-order valence-electron chi connectivity index (χ3n) is 3.74. The zero-order valence-electron chi connectivity index (χ0n) is 11.9. The van der Waals surface area contributed by atoms with Gasteiger partial charge in [-0.25, -0.2) is 4.98 Å². The summed E-state index contributed by atoms with van der Waals surface area (Å²) in [5.74, 6) is 1.62. The number of aryl methyl sites for hydroxylation is 1. The van der Waals surface area contributed by atoms with Crippen molar-refractivity contribution < 1.29 is 9.47 Å². The van der Waals surface area contributed by atoms with Crippen molar-refractivity contribution in [3.8, 4) is 22.8 Å². The maximum Gasteiger partial charge on any atom is 0.161 e. The van der Waals surface area contributed by atoms with Gasteiger partial charge in [0, 0.05) is 23.9 Å². The van der Waals surface area contributed by atoms with Gasteiger partial charge >= 0.3 is 0 Å². The van der Waals surface area contributed by atoms with Gasteiger partial charge in [0.1, 0.15) is 5.65 Å². The Kier molecular flexibility index (Phi) is 2.81. The second-order valence-electron chi connectivity index (χ2n) is 5.23. The van der Waals surface area contributed by atoms with Crippen molar-refractivity contribution in [3.63, 3.8) is 0 Å². The first-order valence-corrected chi connectivity index (χ1v) is 7.16. The van der Waals surface area contributed by atoms with E-state index < -0.39 is 0 Å². The van der Waals surface area contributed by atoms with Crippen LogP contribution in [-0.4, -0.2) is 22.6 Å².